The van der Waals surface area contributed by atoms with Crippen molar-refractivity contribution in [1.82, 2.24) is 19.9 Å². The minimum absolute atomic E-state index is 0.0645. The van der Waals surface area contributed by atoms with Crippen LogP contribution in [0.2, 0.25) is 5.02 Å². The van der Waals surface area contributed by atoms with Gasteiger partial charge in [0, 0.05) is 12.1 Å². The molecule has 2 heterocycles. The molecule has 0 spiro atoms. The number of nitrogens with one attached hydrogen (secondary N) is 3. The number of nitrogens with zero attached hydrogens (tertiary/aromatic N) is 4. The van der Waals surface area contributed by atoms with Gasteiger partial charge in [0.05, 0.1) is 23.5 Å². The number of amides is 1. The van der Waals surface area contributed by atoms with Crippen LogP contribution >= 0.6 is 22.9 Å². The van der Waals surface area contributed by atoms with Gasteiger partial charge in [0.15, 0.2) is 11.0 Å². The fraction of sp³-hybridized carbons (Fsp3) is 0.136. The van der Waals surface area contributed by atoms with E-state index < -0.39 is 0 Å². The Morgan fingerprint density at radius 3 is 2.61 bits per heavy atom. The van der Waals surface area contributed by atoms with E-state index in [-0.39, 0.29) is 18.5 Å². The van der Waals surface area contributed by atoms with Gasteiger partial charge in [0.25, 0.3) is 5.91 Å². The van der Waals surface area contributed by atoms with Crippen molar-refractivity contribution in [2.75, 3.05) is 29.1 Å². The number of thiazole rings is 1. The van der Waals surface area contributed by atoms with Crippen LogP contribution in [0.5, 0.6) is 0 Å². The molecule has 0 radical (unpaired) electrons. The lowest BCUT2D eigenvalue weighted by Crippen LogP contribution is -2.11. The molecule has 0 saturated heterocycles. The highest BCUT2D eigenvalue weighted by Gasteiger charge is 2.15. The van der Waals surface area contributed by atoms with E-state index in [2.05, 4.69) is 35.9 Å². The molecule has 168 valence electrons. The van der Waals surface area contributed by atoms with Gasteiger partial charge >= 0.3 is 0 Å². The van der Waals surface area contributed by atoms with Crippen molar-refractivity contribution in [3.63, 3.8) is 0 Å². The van der Waals surface area contributed by atoms with E-state index in [1.54, 1.807) is 6.07 Å². The summed E-state index contributed by atoms with van der Waals surface area (Å²) in [6.45, 7) is 2.10. The second-order valence-electron chi connectivity index (χ2n) is 6.86. The van der Waals surface area contributed by atoms with Gasteiger partial charge in [0.2, 0.25) is 11.9 Å². The molecule has 9 nitrogen and oxygen atoms in total. The number of rotatable bonds is 8. The number of aliphatic hydroxyl groups excluding tert-OH is 1. The molecule has 2 aromatic carbocycles. The number of benzene rings is 2. The molecule has 4 aromatic rings. The highest BCUT2D eigenvalue weighted by Crippen LogP contribution is 2.28. The Bertz CT molecular complexity index is 1250. The molecule has 0 saturated carbocycles. The molecule has 0 bridgehead atoms. The zero-order valence-corrected chi connectivity index (χ0v) is 19.1. The number of hydrogen-bond acceptors (Lipinski definition) is 9. The maximum Gasteiger partial charge on any atom is 0.267 e. The van der Waals surface area contributed by atoms with Crippen molar-refractivity contribution in [2.45, 2.75) is 6.92 Å². The van der Waals surface area contributed by atoms with E-state index in [1.165, 1.54) is 6.20 Å². The van der Waals surface area contributed by atoms with E-state index in [4.69, 9.17) is 16.7 Å². The van der Waals surface area contributed by atoms with Gasteiger partial charge in [-0.05, 0) is 18.6 Å². The summed E-state index contributed by atoms with van der Waals surface area (Å²) in [6, 6.07) is 14.9. The Morgan fingerprint density at radius 2 is 1.85 bits per heavy atom. The van der Waals surface area contributed by atoms with Gasteiger partial charge in [-0.25, -0.2) is 4.98 Å². The van der Waals surface area contributed by atoms with E-state index in [0.717, 1.165) is 22.5 Å². The molecular formula is C22H20ClN7O2S. The highest BCUT2D eigenvalue weighted by molar-refractivity contribution is 7.17. The van der Waals surface area contributed by atoms with Crippen molar-refractivity contribution in [1.29, 1.82) is 0 Å². The molecule has 0 unspecified atom stereocenters. The van der Waals surface area contributed by atoms with Gasteiger partial charge < -0.3 is 15.7 Å². The van der Waals surface area contributed by atoms with E-state index in [1.807, 2.05) is 49.4 Å². The Balaban J connectivity index is 1.55. The van der Waals surface area contributed by atoms with Crippen LogP contribution in [0.1, 0.15) is 15.2 Å². The Kier molecular flexibility index (Phi) is 7.08. The van der Waals surface area contributed by atoms with Crippen molar-refractivity contribution < 1.29 is 9.90 Å². The Morgan fingerprint density at radius 1 is 1.06 bits per heavy atom. The maximum absolute atomic E-state index is 12.7. The van der Waals surface area contributed by atoms with Crippen LogP contribution in [-0.4, -0.2) is 44.1 Å². The molecule has 2 aromatic heterocycles. The third-order valence-corrected chi connectivity index (χ3v) is 5.70. The topological polar surface area (TPSA) is 125 Å². The fourth-order valence-corrected chi connectivity index (χ4v) is 3.87. The molecule has 0 aliphatic rings. The minimum Gasteiger partial charge on any atom is -0.395 e. The molecular weight excluding hydrogens is 462 g/mol. The number of halogens is 1. The van der Waals surface area contributed by atoms with Gasteiger partial charge in [0.1, 0.15) is 4.88 Å². The summed E-state index contributed by atoms with van der Waals surface area (Å²) in [4.78, 5) is 30.6. The number of para-hydroxylation sites is 1. The van der Waals surface area contributed by atoms with Crippen molar-refractivity contribution in [3.8, 4) is 11.4 Å². The van der Waals surface area contributed by atoms with Crippen LogP contribution < -0.4 is 16.0 Å². The molecule has 1 amide bonds. The lowest BCUT2D eigenvalue weighted by Gasteiger charge is -2.09. The molecule has 11 heteroatoms. The van der Waals surface area contributed by atoms with Gasteiger partial charge in [-0.15, -0.1) is 0 Å². The number of carbonyl (C=O) groups is 1. The second-order valence-corrected chi connectivity index (χ2v) is 8.30. The smallest absolute Gasteiger partial charge is 0.267 e. The van der Waals surface area contributed by atoms with Crippen molar-refractivity contribution in [3.05, 3.63) is 70.2 Å². The van der Waals surface area contributed by atoms with Crippen molar-refractivity contribution >= 4 is 51.6 Å². The van der Waals surface area contributed by atoms with Gasteiger partial charge in [-0.1, -0.05) is 65.4 Å². The first-order valence-corrected chi connectivity index (χ1v) is 11.2. The van der Waals surface area contributed by atoms with E-state index in [9.17, 15) is 4.79 Å². The van der Waals surface area contributed by atoms with E-state index >= 15 is 0 Å². The molecule has 0 atom stereocenters. The van der Waals surface area contributed by atoms with E-state index in [0.29, 0.717) is 39.0 Å². The first-order chi connectivity index (χ1) is 16.0. The predicted molar refractivity (Wildman–Crippen MR) is 130 cm³/mol. The SMILES string of the molecule is Cc1cccc(Cl)c1NC(=O)c1cnc(Nc2nc(NCCO)nc(-c3ccccc3)n2)s1. The number of aliphatic hydroxyl groups is 1. The Labute approximate surface area is 198 Å². The maximum atomic E-state index is 12.7. The first kappa shape index (κ1) is 22.6. The lowest BCUT2D eigenvalue weighted by molar-refractivity contribution is 0.103. The second kappa shape index (κ2) is 10.3. The number of carbonyl (C=O) groups excluding carboxylic acids is 1. The third kappa shape index (κ3) is 5.61. The van der Waals surface area contributed by atoms with Crippen LogP contribution in [0.15, 0.2) is 54.7 Å². The zero-order valence-electron chi connectivity index (χ0n) is 17.5. The average molecular weight is 482 g/mol. The number of hydrogen-bond donors (Lipinski definition) is 4. The Hall–Kier alpha value is -3.60. The predicted octanol–water partition coefficient (Wildman–Crippen LogP) is 4.36. The standard InChI is InChI=1S/C22H20ClN7O2S/c1-13-6-5-9-15(23)17(13)26-19(32)16-12-25-22(33-16)30-21-28-18(14-7-3-2-4-8-14)27-20(29-21)24-10-11-31/h2-9,12,31H,10-11H2,1H3,(H,26,32)(H2,24,25,27,28,29,30). The summed E-state index contributed by atoms with van der Waals surface area (Å²) in [5.41, 5.74) is 2.24. The van der Waals surface area contributed by atoms with Gasteiger partial charge in [-0.3, -0.25) is 10.1 Å². The molecule has 0 aliphatic heterocycles. The van der Waals surface area contributed by atoms with Crippen LogP contribution in [0.25, 0.3) is 11.4 Å². The highest BCUT2D eigenvalue weighted by atomic mass is 35.5. The summed E-state index contributed by atoms with van der Waals surface area (Å²) in [7, 11) is 0. The number of aryl methyl sites for hydroxylation is 1. The summed E-state index contributed by atoms with van der Waals surface area (Å²) in [6.07, 6.45) is 1.47. The van der Waals surface area contributed by atoms with Crippen molar-refractivity contribution in [2.24, 2.45) is 0 Å². The summed E-state index contributed by atoms with van der Waals surface area (Å²) < 4.78 is 0. The molecule has 4 rings (SSSR count). The molecule has 0 fully saturated rings. The largest absolute Gasteiger partial charge is 0.395 e. The van der Waals surface area contributed by atoms with Gasteiger partial charge in [-0.2, -0.15) is 15.0 Å². The zero-order chi connectivity index (χ0) is 23.2. The normalized spacial score (nSPS) is 10.6. The lowest BCUT2D eigenvalue weighted by atomic mass is 10.2. The van der Waals surface area contributed by atoms with Crippen LogP contribution in [0, 0.1) is 6.92 Å². The summed E-state index contributed by atoms with van der Waals surface area (Å²) in [5, 5.41) is 18.8. The van der Waals surface area contributed by atoms with Crippen LogP contribution in [0.4, 0.5) is 22.7 Å². The fourth-order valence-electron chi connectivity index (χ4n) is 2.89. The molecule has 0 aliphatic carbocycles. The summed E-state index contributed by atoms with van der Waals surface area (Å²) >= 11 is 7.36. The average Bonchev–Trinajstić information content (AvgIpc) is 3.29. The summed E-state index contributed by atoms with van der Waals surface area (Å²) in [5.74, 6) is 0.705. The quantitative estimate of drug-likeness (QED) is 0.292. The number of aromatic nitrogens is 4. The third-order valence-electron chi connectivity index (χ3n) is 4.47. The van der Waals surface area contributed by atoms with Crippen LogP contribution in [-0.2, 0) is 0 Å². The van der Waals surface area contributed by atoms with Crippen LogP contribution in [0.3, 0.4) is 0 Å². The molecule has 4 N–H and O–H groups in total. The monoisotopic (exact) mass is 481 g/mol. The first-order valence-electron chi connectivity index (χ1n) is 9.99. The minimum atomic E-state index is -0.317. The number of anilines is 4. The molecule has 33 heavy (non-hydrogen) atoms.